The topological polar surface area (TPSA) is 56.7 Å². The van der Waals surface area contributed by atoms with E-state index in [4.69, 9.17) is 4.42 Å². The second-order valence-corrected chi connectivity index (χ2v) is 5.94. The van der Waals surface area contributed by atoms with Gasteiger partial charge in [-0.05, 0) is 11.4 Å². The molecule has 3 heterocycles. The minimum Gasteiger partial charge on any atom is -0.424 e. The third-order valence-corrected chi connectivity index (χ3v) is 4.24. The lowest BCUT2D eigenvalue weighted by Crippen LogP contribution is -2.01. The molecule has 6 heteroatoms. The molecule has 0 fully saturated rings. The van der Waals surface area contributed by atoms with Crippen LogP contribution in [0.1, 0.15) is 11.8 Å². The molecule has 0 unspecified atom stereocenters. The van der Waals surface area contributed by atoms with Crippen LogP contribution in [-0.4, -0.2) is 19.7 Å². The Balaban J connectivity index is 1.82. The maximum atomic E-state index is 5.51. The third kappa shape index (κ3) is 2.68. The zero-order chi connectivity index (χ0) is 15.6. The van der Waals surface area contributed by atoms with E-state index in [2.05, 4.69) is 48.7 Å². The van der Waals surface area contributed by atoms with Gasteiger partial charge in [-0.1, -0.05) is 30.3 Å². The minimum atomic E-state index is 0.506. The van der Waals surface area contributed by atoms with E-state index in [9.17, 15) is 0 Å². The van der Waals surface area contributed by atoms with Crippen LogP contribution in [-0.2, 0) is 6.54 Å². The van der Waals surface area contributed by atoms with Gasteiger partial charge in [-0.25, -0.2) is 4.98 Å². The van der Waals surface area contributed by atoms with Crippen LogP contribution in [0.4, 0.5) is 0 Å². The van der Waals surface area contributed by atoms with E-state index in [0.29, 0.717) is 18.3 Å². The van der Waals surface area contributed by atoms with Gasteiger partial charge in [0, 0.05) is 23.4 Å². The molecule has 114 valence electrons. The first kappa shape index (κ1) is 13.9. The number of hydrogen-bond donors (Lipinski definition) is 0. The summed E-state index contributed by atoms with van der Waals surface area (Å²) in [6.07, 6.45) is 1.83. The first-order chi connectivity index (χ1) is 11.3. The Labute approximate surface area is 137 Å². The molecular weight excluding hydrogens is 308 g/mol. The maximum Gasteiger partial charge on any atom is 0.236 e. The zero-order valence-corrected chi connectivity index (χ0v) is 13.3. The monoisotopic (exact) mass is 322 g/mol. The Morgan fingerprint density at radius 3 is 2.65 bits per heavy atom. The Morgan fingerprint density at radius 2 is 1.96 bits per heavy atom. The zero-order valence-electron chi connectivity index (χ0n) is 12.5. The van der Waals surface area contributed by atoms with Crippen LogP contribution >= 0.6 is 11.3 Å². The molecule has 0 spiro atoms. The summed E-state index contributed by atoms with van der Waals surface area (Å²) >= 11 is 1.67. The normalized spacial score (nSPS) is 11.0. The molecule has 0 atom stereocenters. The molecule has 0 bridgehead atoms. The predicted octanol–water partition coefficient (Wildman–Crippen LogP) is 4.02. The molecule has 0 N–H and O–H groups in total. The second kappa shape index (κ2) is 5.81. The fourth-order valence-corrected chi connectivity index (χ4v) is 3.20. The second-order valence-electron chi connectivity index (χ2n) is 5.16. The van der Waals surface area contributed by atoms with Gasteiger partial charge in [-0.3, -0.25) is 0 Å². The number of nitrogens with zero attached hydrogens (tertiary/aromatic N) is 4. The van der Waals surface area contributed by atoms with Crippen molar-refractivity contribution < 1.29 is 4.42 Å². The molecule has 0 radical (unpaired) electrons. The van der Waals surface area contributed by atoms with E-state index >= 15 is 0 Å². The highest BCUT2D eigenvalue weighted by Crippen LogP contribution is 2.32. The molecule has 1 aromatic carbocycles. The SMILES string of the molecule is Cc1nnc(Cn2cnc(-c3ccccc3)c2-c2ccsc2)o1. The molecule has 0 saturated heterocycles. The van der Waals surface area contributed by atoms with Gasteiger partial charge in [0.2, 0.25) is 11.8 Å². The van der Waals surface area contributed by atoms with Gasteiger partial charge in [0.15, 0.2) is 0 Å². The smallest absolute Gasteiger partial charge is 0.236 e. The molecule has 4 aromatic rings. The molecular formula is C17H14N4OS. The Kier molecular flexibility index (Phi) is 3.51. The van der Waals surface area contributed by atoms with Crippen molar-refractivity contribution in [2.24, 2.45) is 0 Å². The van der Waals surface area contributed by atoms with Crippen molar-refractivity contribution in [1.29, 1.82) is 0 Å². The Morgan fingerprint density at radius 1 is 1.09 bits per heavy atom. The lowest BCUT2D eigenvalue weighted by Gasteiger charge is -2.07. The summed E-state index contributed by atoms with van der Waals surface area (Å²) in [5.74, 6) is 1.15. The van der Waals surface area contributed by atoms with E-state index in [0.717, 1.165) is 22.5 Å². The molecule has 23 heavy (non-hydrogen) atoms. The van der Waals surface area contributed by atoms with Crippen LogP contribution in [0.2, 0.25) is 0 Å². The molecule has 0 amide bonds. The number of rotatable bonds is 4. The Hall–Kier alpha value is -2.73. The van der Waals surface area contributed by atoms with Crippen molar-refractivity contribution in [3.05, 3.63) is 65.3 Å². The number of imidazole rings is 1. The lowest BCUT2D eigenvalue weighted by molar-refractivity contribution is 0.455. The largest absolute Gasteiger partial charge is 0.424 e. The molecule has 0 saturated carbocycles. The van der Waals surface area contributed by atoms with E-state index in [1.807, 2.05) is 24.5 Å². The summed E-state index contributed by atoms with van der Waals surface area (Å²) < 4.78 is 7.56. The van der Waals surface area contributed by atoms with Gasteiger partial charge in [-0.2, -0.15) is 11.3 Å². The van der Waals surface area contributed by atoms with E-state index in [1.165, 1.54) is 0 Å². The first-order valence-electron chi connectivity index (χ1n) is 7.23. The fourth-order valence-electron chi connectivity index (χ4n) is 2.56. The van der Waals surface area contributed by atoms with Crippen LogP contribution in [0.25, 0.3) is 22.5 Å². The predicted molar refractivity (Wildman–Crippen MR) is 89.1 cm³/mol. The number of benzene rings is 1. The lowest BCUT2D eigenvalue weighted by atomic mass is 10.1. The van der Waals surface area contributed by atoms with Crippen molar-refractivity contribution in [3.63, 3.8) is 0 Å². The summed E-state index contributed by atoms with van der Waals surface area (Å²) in [5.41, 5.74) is 4.25. The molecule has 0 aliphatic heterocycles. The number of thiophene rings is 1. The maximum absolute atomic E-state index is 5.51. The summed E-state index contributed by atoms with van der Waals surface area (Å²) in [6, 6.07) is 12.3. The van der Waals surface area contributed by atoms with Gasteiger partial charge in [0.25, 0.3) is 0 Å². The van der Waals surface area contributed by atoms with E-state index in [1.54, 1.807) is 18.3 Å². The molecule has 5 nitrogen and oxygen atoms in total. The van der Waals surface area contributed by atoms with Crippen LogP contribution < -0.4 is 0 Å². The average Bonchev–Trinajstić information content (AvgIpc) is 3.29. The fraction of sp³-hybridized carbons (Fsp3) is 0.118. The molecule has 0 aliphatic carbocycles. The summed E-state index contributed by atoms with van der Waals surface area (Å²) in [7, 11) is 0. The molecule has 0 aliphatic rings. The highest BCUT2D eigenvalue weighted by atomic mass is 32.1. The summed E-state index contributed by atoms with van der Waals surface area (Å²) in [4.78, 5) is 4.62. The quantitative estimate of drug-likeness (QED) is 0.569. The van der Waals surface area contributed by atoms with Crippen molar-refractivity contribution >= 4 is 11.3 Å². The van der Waals surface area contributed by atoms with Crippen molar-refractivity contribution in [2.75, 3.05) is 0 Å². The minimum absolute atomic E-state index is 0.506. The number of aryl methyl sites for hydroxylation is 1. The van der Waals surface area contributed by atoms with Gasteiger partial charge < -0.3 is 8.98 Å². The van der Waals surface area contributed by atoms with Gasteiger partial charge in [0.1, 0.15) is 6.54 Å². The number of hydrogen-bond acceptors (Lipinski definition) is 5. The highest BCUT2D eigenvalue weighted by molar-refractivity contribution is 7.08. The number of aromatic nitrogens is 4. The van der Waals surface area contributed by atoms with Gasteiger partial charge >= 0.3 is 0 Å². The van der Waals surface area contributed by atoms with Crippen LogP contribution in [0.3, 0.4) is 0 Å². The first-order valence-corrected chi connectivity index (χ1v) is 8.17. The van der Waals surface area contributed by atoms with E-state index < -0.39 is 0 Å². The van der Waals surface area contributed by atoms with Crippen molar-refractivity contribution in [1.82, 2.24) is 19.7 Å². The standard InChI is InChI=1S/C17H14N4OS/c1-12-19-20-15(22-12)9-21-11-18-16(13-5-3-2-4-6-13)17(21)14-7-8-23-10-14/h2-8,10-11H,9H2,1H3. The molecule has 4 rings (SSSR count). The highest BCUT2D eigenvalue weighted by Gasteiger charge is 2.16. The summed E-state index contributed by atoms with van der Waals surface area (Å²) in [6.45, 7) is 2.30. The van der Waals surface area contributed by atoms with Gasteiger partial charge in [-0.15, -0.1) is 10.2 Å². The molecule has 3 aromatic heterocycles. The van der Waals surface area contributed by atoms with E-state index in [-0.39, 0.29) is 0 Å². The van der Waals surface area contributed by atoms with Crippen LogP contribution in [0.15, 0.2) is 57.9 Å². The van der Waals surface area contributed by atoms with Crippen LogP contribution in [0.5, 0.6) is 0 Å². The van der Waals surface area contributed by atoms with Crippen molar-refractivity contribution in [3.8, 4) is 22.5 Å². The van der Waals surface area contributed by atoms with Crippen LogP contribution in [0, 0.1) is 6.92 Å². The Bertz CT molecular complexity index is 909. The third-order valence-electron chi connectivity index (χ3n) is 3.55. The summed E-state index contributed by atoms with van der Waals surface area (Å²) in [5, 5.41) is 12.2. The van der Waals surface area contributed by atoms with Gasteiger partial charge in [0.05, 0.1) is 17.7 Å². The average molecular weight is 322 g/mol. The van der Waals surface area contributed by atoms with Crippen molar-refractivity contribution in [2.45, 2.75) is 13.5 Å².